The summed E-state index contributed by atoms with van der Waals surface area (Å²) in [5, 5.41) is 0. The molecule has 17 heavy (non-hydrogen) atoms. The number of benzene rings is 1. The van der Waals surface area contributed by atoms with E-state index in [1.165, 1.54) is 6.07 Å². The number of ether oxygens (including phenoxy) is 1. The molecule has 0 saturated heterocycles. The molecule has 96 valence electrons. The van der Waals surface area contributed by atoms with E-state index in [1.807, 2.05) is 6.92 Å². The van der Waals surface area contributed by atoms with Crippen molar-refractivity contribution in [1.82, 2.24) is 5.43 Å². The second-order valence-electron chi connectivity index (χ2n) is 4.02. The molecule has 0 aliphatic rings. The molecule has 0 heterocycles. The van der Waals surface area contributed by atoms with Crippen molar-refractivity contribution in [3.63, 3.8) is 0 Å². The van der Waals surface area contributed by atoms with Crippen LogP contribution in [-0.4, -0.2) is 13.2 Å². The van der Waals surface area contributed by atoms with Gasteiger partial charge in [-0.3, -0.25) is 11.3 Å². The maximum absolute atomic E-state index is 13.1. The molecule has 0 bridgehead atoms. The lowest BCUT2D eigenvalue weighted by Gasteiger charge is -2.18. The molecule has 0 aliphatic carbocycles. The minimum Gasteiger partial charge on any atom is -0.382 e. The quantitative estimate of drug-likeness (QED) is 0.596. The third kappa shape index (κ3) is 4.03. The molecule has 0 aromatic heterocycles. The van der Waals surface area contributed by atoms with Crippen molar-refractivity contribution in [3.8, 4) is 0 Å². The molecule has 2 atom stereocenters. The summed E-state index contributed by atoms with van der Waals surface area (Å²) in [5.74, 6) is 3.70. The van der Waals surface area contributed by atoms with Gasteiger partial charge in [0.15, 0.2) is 11.6 Å². The molecule has 3 nitrogen and oxygen atoms in total. The number of rotatable bonds is 6. The molecule has 0 fully saturated rings. The fraction of sp³-hybridized carbons (Fsp3) is 0.500. The number of nitrogens with two attached hydrogens (primary N) is 1. The molecule has 2 unspecified atom stereocenters. The van der Waals surface area contributed by atoms with E-state index in [0.29, 0.717) is 12.0 Å². The standard InChI is InChI=1S/C12H18F2N2O/c1-8(17-2)3-6-12(16-15)9-4-5-10(13)11(14)7-9/h4-5,7-8,12,16H,3,6,15H2,1-2H3. The highest BCUT2D eigenvalue weighted by Crippen LogP contribution is 2.21. The molecule has 5 heteroatoms. The van der Waals surface area contributed by atoms with Gasteiger partial charge in [-0.2, -0.15) is 0 Å². The number of hydrogen-bond donors (Lipinski definition) is 2. The fourth-order valence-electron chi connectivity index (χ4n) is 1.59. The summed E-state index contributed by atoms with van der Waals surface area (Å²) in [6.45, 7) is 1.94. The number of halogens is 2. The van der Waals surface area contributed by atoms with Gasteiger partial charge in [0.25, 0.3) is 0 Å². The Morgan fingerprint density at radius 2 is 2.00 bits per heavy atom. The molecule has 0 spiro atoms. The van der Waals surface area contributed by atoms with Crippen LogP contribution >= 0.6 is 0 Å². The summed E-state index contributed by atoms with van der Waals surface area (Å²) in [5.41, 5.74) is 3.23. The maximum atomic E-state index is 13.1. The predicted octanol–water partition coefficient (Wildman–Crippen LogP) is 2.28. The van der Waals surface area contributed by atoms with Crippen LogP contribution in [0.1, 0.15) is 31.4 Å². The molecular formula is C12H18F2N2O. The Morgan fingerprint density at radius 3 is 2.53 bits per heavy atom. The highest BCUT2D eigenvalue weighted by Gasteiger charge is 2.13. The molecule has 0 amide bonds. The van der Waals surface area contributed by atoms with Gasteiger partial charge in [-0.25, -0.2) is 8.78 Å². The van der Waals surface area contributed by atoms with Crippen molar-refractivity contribution in [1.29, 1.82) is 0 Å². The van der Waals surface area contributed by atoms with E-state index in [9.17, 15) is 8.78 Å². The van der Waals surface area contributed by atoms with Crippen molar-refractivity contribution in [2.45, 2.75) is 31.9 Å². The Balaban J connectivity index is 2.69. The Morgan fingerprint density at radius 1 is 1.29 bits per heavy atom. The van der Waals surface area contributed by atoms with Crippen LogP contribution in [0.25, 0.3) is 0 Å². The lowest BCUT2D eigenvalue weighted by Crippen LogP contribution is -2.29. The first-order valence-electron chi connectivity index (χ1n) is 5.52. The average molecular weight is 244 g/mol. The number of methoxy groups -OCH3 is 1. The van der Waals surface area contributed by atoms with Crippen molar-refractivity contribution in [2.24, 2.45) is 5.84 Å². The zero-order valence-corrected chi connectivity index (χ0v) is 10.0. The van der Waals surface area contributed by atoms with E-state index < -0.39 is 11.6 Å². The van der Waals surface area contributed by atoms with Gasteiger partial charge in [-0.05, 0) is 37.5 Å². The van der Waals surface area contributed by atoms with Crippen LogP contribution in [0.4, 0.5) is 8.78 Å². The van der Waals surface area contributed by atoms with Crippen molar-refractivity contribution >= 4 is 0 Å². The van der Waals surface area contributed by atoms with Gasteiger partial charge in [-0.15, -0.1) is 0 Å². The number of hydrazine groups is 1. The monoisotopic (exact) mass is 244 g/mol. The molecule has 1 aromatic rings. The van der Waals surface area contributed by atoms with E-state index in [0.717, 1.165) is 18.6 Å². The summed E-state index contributed by atoms with van der Waals surface area (Å²) in [7, 11) is 1.63. The fourth-order valence-corrected chi connectivity index (χ4v) is 1.59. The Labute approximate surface area is 99.9 Å². The number of nitrogens with one attached hydrogen (secondary N) is 1. The first-order chi connectivity index (χ1) is 8.08. The Hall–Kier alpha value is -1.04. The van der Waals surface area contributed by atoms with Crippen LogP contribution in [0.15, 0.2) is 18.2 Å². The minimum atomic E-state index is -0.859. The Bertz CT molecular complexity index is 360. The first kappa shape index (κ1) is 14.0. The van der Waals surface area contributed by atoms with Crippen LogP contribution in [-0.2, 0) is 4.74 Å². The normalized spacial score (nSPS) is 14.6. The van der Waals surface area contributed by atoms with Gasteiger partial charge in [0, 0.05) is 13.2 Å². The van der Waals surface area contributed by atoms with Crippen molar-refractivity contribution in [3.05, 3.63) is 35.4 Å². The minimum absolute atomic E-state index is 0.108. The second kappa shape index (κ2) is 6.64. The molecule has 0 radical (unpaired) electrons. The third-order valence-electron chi connectivity index (χ3n) is 2.81. The predicted molar refractivity (Wildman–Crippen MR) is 62.1 cm³/mol. The van der Waals surface area contributed by atoms with Crippen molar-refractivity contribution < 1.29 is 13.5 Å². The van der Waals surface area contributed by atoms with Crippen LogP contribution in [0.2, 0.25) is 0 Å². The number of hydrogen-bond acceptors (Lipinski definition) is 3. The van der Waals surface area contributed by atoms with Crippen molar-refractivity contribution in [2.75, 3.05) is 7.11 Å². The van der Waals surface area contributed by atoms with E-state index in [1.54, 1.807) is 7.11 Å². The van der Waals surface area contributed by atoms with E-state index >= 15 is 0 Å². The molecule has 1 rings (SSSR count). The smallest absolute Gasteiger partial charge is 0.159 e. The van der Waals surface area contributed by atoms with Crippen LogP contribution < -0.4 is 11.3 Å². The first-order valence-corrected chi connectivity index (χ1v) is 5.52. The van der Waals surface area contributed by atoms with Gasteiger partial charge in [0.1, 0.15) is 0 Å². The van der Waals surface area contributed by atoms with E-state index in [4.69, 9.17) is 10.6 Å². The van der Waals surface area contributed by atoms with Gasteiger partial charge in [0.05, 0.1) is 6.10 Å². The second-order valence-corrected chi connectivity index (χ2v) is 4.02. The topological polar surface area (TPSA) is 47.3 Å². The van der Waals surface area contributed by atoms with Gasteiger partial charge >= 0.3 is 0 Å². The van der Waals surface area contributed by atoms with E-state index in [2.05, 4.69) is 5.43 Å². The molecule has 0 saturated carbocycles. The largest absolute Gasteiger partial charge is 0.382 e. The zero-order chi connectivity index (χ0) is 12.8. The van der Waals surface area contributed by atoms with Crippen LogP contribution in [0.3, 0.4) is 0 Å². The summed E-state index contributed by atoms with van der Waals surface area (Å²) in [6, 6.07) is 3.59. The zero-order valence-electron chi connectivity index (χ0n) is 10.0. The van der Waals surface area contributed by atoms with Gasteiger partial charge in [0.2, 0.25) is 0 Å². The molecule has 1 aromatic carbocycles. The van der Waals surface area contributed by atoms with Crippen LogP contribution in [0.5, 0.6) is 0 Å². The SMILES string of the molecule is COC(C)CCC(NN)c1ccc(F)c(F)c1. The lowest BCUT2D eigenvalue weighted by molar-refractivity contribution is 0.106. The molecule has 0 aliphatic heterocycles. The highest BCUT2D eigenvalue weighted by molar-refractivity contribution is 5.21. The average Bonchev–Trinajstić information content (AvgIpc) is 2.33. The highest BCUT2D eigenvalue weighted by atomic mass is 19.2. The third-order valence-corrected chi connectivity index (χ3v) is 2.81. The van der Waals surface area contributed by atoms with Gasteiger partial charge in [-0.1, -0.05) is 6.07 Å². The lowest BCUT2D eigenvalue weighted by atomic mass is 10.0. The summed E-state index contributed by atoms with van der Waals surface area (Å²) >= 11 is 0. The molecular weight excluding hydrogens is 226 g/mol. The summed E-state index contributed by atoms with van der Waals surface area (Å²) in [6.07, 6.45) is 1.58. The maximum Gasteiger partial charge on any atom is 0.159 e. The molecule has 3 N–H and O–H groups in total. The van der Waals surface area contributed by atoms with E-state index in [-0.39, 0.29) is 12.1 Å². The summed E-state index contributed by atoms with van der Waals surface area (Å²) in [4.78, 5) is 0. The summed E-state index contributed by atoms with van der Waals surface area (Å²) < 4.78 is 31.0. The Kier molecular flexibility index (Phi) is 5.47. The van der Waals surface area contributed by atoms with Gasteiger partial charge < -0.3 is 4.74 Å². The van der Waals surface area contributed by atoms with Crippen LogP contribution in [0, 0.1) is 11.6 Å².